The molecule has 0 aliphatic rings. The van der Waals surface area contributed by atoms with Crippen LogP contribution in [0.4, 0.5) is 0 Å². The Morgan fingerprint density at radius 3 is 2.41 bits per heavy atom. The SMILES string of the molecule is O=C(O)CCc1ccc(OC(=O)Cc2cccc(Cl)c2)cc1. The molecule has 1 N–H and O–H groups in total. The molecule has 0 bridgehead atoms. The zero-order chi connectivity index (χ0) is 15.9. The van der Waals surface area contributed by atoms with Crippen LogP contribution in [-0.2, 0) is 22.4 Å². The van der Waals surface area contributed by atoms with E-state index in [1.807, 2.05) is 6.07 Å². The van der Waals surface area contributed by atoms with Gasteiger partial charge in [-0.05, 0) is 41.8 Å². The second-order valence-corrected chi connectivity index (χ2v) is 5.25. The number of aliphatic carboxylic acids is 1. The Balaban J connectivity index is 1.90. The van der Waals surface area contributed by atoms with Gasteiger partial charge in [0.05, 0.1) is 6.42 Å². The van der Waals surface area contributed by atoms with Gasteiger partial charge in [-0.2, -0.15) is 0 Å². The van der Waals surface area contributed by atoms with Gasteiger partial charge in [0.15, 0.2) is 0 Å². The Hall–Kier alpha value is -2.33. The van der Waals surface area contributed by atoms with E-state index in [1.54, 1.807) is 42.5 Å². The molecular formula is C17H15ClO4. The Labute approximate surface area is 133 Å². The van der Waals surface area contributed by atoms with Gasteiger partial charge in [-0.3, -0.25) is 9.59 Å². The van der Waals surface area contributed by atoms with E-state index in [-0.39, 0.29) is 18.8 Å². The summed E-state index contributed by atoms with van der Waals surface area (Å²) in [4.78, 5) is 22.4. The number of halogens is 1. The Morgan fingerprint density at radius 2 is 1.77 bits per heavy atom. The summed E-state index contributed by atoms with van der Waals surface area (Å²) in [6, 6.07) is 13.9. The van der Waals surface area contributed by atoms with Gasteiger partial charge in [0.25, 0.3) is 0 Å². The predicted molar refractivity (Wildman–Crippen MR) is 83.2 cm³/mol. The van der Waals surface area contributed by atoms with Gasteiger partial charge in [0, 0.05) is 11.4 Å². The smallest absolute Gasteiger partial charge is 0.315 e. The first-order chi connectivity index (χ1) is 10.5. The Morgan fingerprint density at radius 1 is 1.05 bits per heavy atom. The molecule has 0 aromatic heterocycles. The van der Waals surface area contributed by atoms with Crippen LogP contribution in [0.2, 0.25) is 5.02 Å². The summed E-state index contributed by atoms with van der Waals surface area (Å²) in [5.41, 5.74) is 1.67. The average molecular weight is 319 g/mol. The number of carbonyl (C=O) groups excluding carboxylic acids is 1. The maximum Gasteiger partial charge on any atom is 0.315 e. The van der Waals surface area contributed by atoms with Crippen molar-refractivity contribution in [2.45, 2.75) is 19.3 Å². The molecule has 2 aromatic carbocycles. The summed E-state index contributed by atoms with van der Waals surface area (Å²) in [6.45, 7) is 0. The molecule has 0 fully saturated rings. The van der Waals surface area contributed by atoms with Crippen LogP contribution in [0.3, 0.4) is 0 Å². The lowest BCUT2D eigenvalue weighted by Crippen LogP contribution is -2.11. The molecule has 0 unspecified atom stereocenters. The van der Waals surface area contributed by atoms with Crippen molar-refractivity contribution in [2.24, 2.45) is 0 Å². The largest absolute Gasteiger partial charge is 0.481 e. The molecule has 0 radical (unpaired) electrons. The maximum atomic E-state index is 11.9. The lowest BCUT2D eigenvalue weighted by Gasteiger charge is -2.06. The van der Waals surface area contributed by atoms with Crippen LogP contribution in [0.1, 0.15) is 17.5 Å². The first kappa shape index (κ1) is 16.0. The van der Waals surface area contributed by atoms with Gasteiger partial charge < -0.3 is 9.84 Å². The summed E-state index contributed by atoms with van der Waals surface area (Å²) in [5, 5.41) is 9.21. The van der Waals surface area contributed by atoms with Crippen molar-refractivity contribution in [3.8, 4) is 5.75 Å². The fraction of sp³-hybridized carbons (Fsp3) is 0.176. The maximum absolute atomic E-state index is 11.9. The quantitative estimate of drug-likeness (QED) is 0.654. The number of rotatable bonds is 6. The van der Waals surface area contributed by atoms with Gasteiger partial charge in [-0.15, -0.1) is 0 Å². The summed E-state index contributed by atoms with van der Waals surface area (Å²) in [6.07, 6.45) is 0.668. The van der Waals surface area contributed by atoms with Crippen LogP contribution in [0, 0.1) is 0 Å². The first-order valence-corrected chi connectivity index (χ1v) is 7.16. The monoisotopic (exact) mass is 318 g/mol. The van der Waals surface area contributed by atoms with Crippen LogP contribution in [0.15, 0.2) is 48.5 Å². The molecule has 0 heterocycles. The van der Waals surface area contributed by atoms with Crippen LogP contribution in [0.5, 0.6) is 5.75 Å². The van der Waals surface area contributed by atoms with E-state index in [0.29, 0.717) is 17.2 Å². The average Bonchev–Trinajstić information content (AvgIpc) is 2.46. The highest BCUT2D eigenvalue weighted by molar-refractivity contribution is 6.30. The normalized spacial score (nSPS) is 10.2. The third-order valence-corrected chi connectivity index (χ3v) is 3.26. The van der Waals surface area contributed by atoms with Crippen molar-refractivity contribution in [3.63, 3.8) is 0 Å². The Kier molecular flexibility index (Phi) is 5.55. The highest BCUT2D eigenvalue weighted by Gasteiger charge is 2.07. The summed E-state index contributed by atoms with van der Waals surface area (Å²) in [5.74, 6) is -0.774. The fourth-order valence-electron chi connectivity index (χ4n) is 1.96. The topological polar surface area (TPSA) is 63.6 Å². The van der Waals surface area contributed by atoms with Crippen LogP contribution >= 0.6 is 11.6 Å². The van der Waals surface area contributed by atoms with E-state index in [1.165, 1.54) is 0 Å². The molecule has 0 saturated carbocycles. The van der Waals surface area contributed by atoms with Crippen LogP contribution < -0.4 is 4.74 Å². The van der Waals surface area contributed by atoms with Gasteiger partial charge >= 0.3 is 11.9 Å². The molecule has 0 aliphatic carbocycles. The van der Waals surface area contributed by atoms with E-state index < -0.39 is 5.97 Å². The number of esters is 1. The summed E-state index contributed by atoms with van der Waals surface area (Å²) < 4.78 is 5.24. The number of hydrogen-bond donors (Lipinski definition) is 1. The number of carbonyl (C=O) groups is 2. The molecule has 22 heavy (non-hydrogen) atoms. The molecular weight excluding hydrogens is 304 g/mol. The second kappa shape index (κ2) is 7.61. The second-order valence-electron chi connectivity index (χ2n) is 4.82. The van der Waals surface area contributed by atoms with Crippen molar-refractivity contribution in [3.05, 3.63) is 64.7 Å². The predicted octanol–water partition coefficient (Wildman–Crippen LogP) is 3.51. The van der Waals surface area contributed by atoms with E-state index >= 15 is 0 Å². The standard InChI is InChI=1S/C17H15ClO4/c18-14-3-1-2-13(10-14)11-17(21)22-15-7-4-12(5-8-15)6-9-16(19)20/h1-5,7-8,10H,6,9,11H2,(H,19,20). The number of hydrogen-bond acceptors (Lipinski definition) is 3. The minimum atomic E-state index is -0.836. The molecule has 2 aromatic rings. The third-order valence-electron chi connectivity index (χ3n) is 3.02. The van der Waals surface area contributed by atoms with Crippen molar-refractivity contribution in [2.75, 3.05) is 0 Å². The van der Waals surface area contributed by atoms with Crippen LogP contribution in [0.25, 0.3) is 0 Å². The Bertz CT molecular complexity index is 665. The summed E-state index contributed by atoms with van der Waals surface area (Å²) in [7, 11) is 0. The molecule has 0 spiro atoms. The van der Waals surface area contributed by atoms with Gasteiger partial charge in [-0.1, -0.05) is 35.9 Å². The van der Waals surface area contributed by atoms with E-state index in [9.17, 15) is 9.59 Å². The van der Waals surface area contributed by atoms with Gasteiger partial charge in [0.1, 0.15) is 5.75 Å². The molecule has 2 rings (SSSR count). The van der Waals surface area contributed by atoms with Crippen molar-refractivity contribution >= 4 is 23.5 Å². The van der Waals surface area contributed by atoms with Crippen molar-refractivity contribution < 1.29 is 19.4 Å². The third kappa shape index (κ3) is 5.22. The van der Waals surface area contributed by atoms with E-state index in [0.717, 1.165) is 11.1 Å². The first-order valence-electron chi connectivity index (χ1n) is 6.79. The van der Waals surface area contributed by atoms with Gasteiger partial charge in [0.2, 0.25) is 0 Å². The van der Waals surface area contributed by atoms with Crippen LogP contribution in [-0.4, -0.2) is 17.0 Å². The zero-order valence-electron chi connectivity index (χ0n) is 11.8. The van der Waals surface area contributed by atoms with Gasteiger partial charge in [-0.25, -0.2) is 0 Å². The molecule has 114 valence electrons. The zero-order valence-corrected chi connectivity index (χ0v) is 12.5. The number of benzene rings is 2. The highest BCUT2D eigenvalue weighted by atomic mass is 35.5. The molecule has 0 atom stereocenters. The lowest BCUT2D eigenvalue weighted by atomic mass is 10.1. The number of carboxylic acids is 1. The molecule has 0 aliphatic heterocycles. The lowest BCUT2D eigenvalue weighted by molar-refractivity contribution is -0.137. The minimum absolute atomic E-state index is 0.0773. The highest BCUT2D eigenvalue weighted by Crippen LogP contribution is 2.16. The summed E-state index contributed by atoms with van der Waals surface area (Å²) >= 11 is 5.86. The number of aryl methyl sites for hydroxylation is 1. The molecule has 4 nitrogen and oxygen atoms in total. The minimum Gasteiger partial charge on any atom is -0.481 e. The van der Waals surface area contributed by atoms with E-state index in [2.05, 4.69) is 0 Å². The number of ether oxygens (including phenoxy) is 1. The molecule has 0 amide bonds. The fourth-order valence-corrected chi connectivity index (χ4v) is 2.17. The van der Waals surface area contributed by atoms with Crippen molar-refractivity contribution in [1.82, 2.24) is 0 Å². The number of carboxylic acid groups (broad SMARTS) is 1. The molecule has 0 saturated heterocycles. The molecule has 5 heteroatoms. The van der Waals surface area contributed by atoms with E-state index in [4.69, 9.17) is 21.4 Å². The van der Waals surface area contributed by atoms with Crippen molar-refractivity contribution in [1.29, 1.82) is 0 Å².